The number of carbonyl (C=O) groups is 1. The molecule has 0 aromatic heterocycles. The van der Waals surface area contributed by atoms with E-state index < -0.39 is 6.61 Å². The molecule has 0 fully saturated rings. The predicted octanol–water partition coefficient (Wildman–Crippen LogP) is 4.98. The summed E-state index contributed by atoms with van der Waals surface area (Å²) in [4.78, 5) is 12.5. The highest BCUT2D eigenvalue weighted by Crippen LogP contribution is 2.34. The van der Waals surface area contributed by atoms with Crippen molar-refractivity contribution in [2.75, 3.05) is 13.2 Å². The maximum absolute atomic E-state index is 12.5. The zero-order valence-electron chi connectivity index (χ0n) is 16.9. The molecular weight excluding hydrogens is 392 g/mol. The van der Waals surface area contributed by atoms with Crippen molar-refractivity contribution < 1.29 is 27.8 Å². The van der Waals surface area contributed by atoms with E-state index in [9.17, 15) is 13.6 Å². The lowest BCUT2D eigenvalue weighted by atomic mass is 9.95. The van der Waals surface area contributed by atoms with Crippen molar-refractivity contribution in [2.24, 2.45) is 5.92 Å². The minimum Gasteiger partial charge on any atom is -0.490 e. The number of halogens is 2. The second-order valence-corrected chi connectivity index (χ2v) is 7.27. The Kier molecular flexibility index (Phi) is 7.27. The summed E-state index contributed by atoms with van der Waals surface area (Å²) in [5.41, 5.74) is 1.63. The summed E-state index contributed by atoms with van der Waals surface area (Å²) in [5, 5.41) is 3.02. The molecular formula is C23H25F2NO4. The Bertz CT molecular complexity index is 881. The molecule has 1 atom stereocenters. The number of fused-ring (bicyclic) bond motifs is 1. The number of rotatable bonds is 7. The van der Waals surface area contributed by atoms with E-state index in [1.54, 1.807) is 18.2 Å². The van der Waals surface area contributed by atoms with E-state index in [0.717, 1.165) is 12.0 Å². The summed E-state index contributed by atoms with van der Waals surface area (Å²) in [7, 11) is 0. The van der Waals surface area contributed by atoms with Gasteiger partial charge in [-0.1, -0.05) is 32.0 Å². The van der Waals surface area contributed by atoms with Crippen LogP contribution in [0.15, 0.2) is 48.5 Å². The summed E-state index contributed by atoms with van der Waals surface area (Å²) in [5.74, 6) is 1.36. The van der Waals surface area contributed by atoms with Crippen LogP contribution in [0.4, 0.5) is 8.78 Å². The number of carbonyl (C=O) groups excluding carboxylic acids is 1. The average molecular weight is 417 g/mol. The Morgan fingerprint density at radius 1 is 1.07 bits per heavy atom. The smallest absolute Gasteiger partial charge is 0.387 e. The van der Waals surface area contributed by atoms with Gasteiger partial charge in [0, 0.05) is 12.5 Å². The summed E-state index contributed by atoms with van der Waals surface area (Å²) in [6.07, 6.45) is 3.86. The van der Waals surface area contributed by atoms with Gasteiger partial charge in [-0.2, -0.15) is 8.78 Å². The molecule has 2 aromatic rings. The first-order valence-electron chi connectivity index (χ1n) is 9.85. The molecule has 2 aromatic carbocycles. The van der Waals surface area contributed by atoms with Crippen LogP contribution in [0, 0.1) is 5.92 Å². The van der Waals surface area contributed by atoms with Crippen LogP contribution >= 0.6 is 0 Å². The lowest BCUT2D eigenvalue weighted by Crippen LogP contribution is -2.30. The summed E-state index contributed by atoms with van der Waals surface area (Å²) in [6, 6.07) is 11.6. The lowest BCUT2D eigenvalue weighted by molar-refractivity contribution is -0.117. The Morgan fingerprint density at radius 3 is 2.43 bits per heavy atom. The molecule has 0 radical (unpaired) electrons. The van der Waals surface area contributed by atoms with Gasteiger partial charge in [-0.05, 0) is 47.4 Å². The number of ether oxygens (including phenoxy) is 3. The molecule has 0 aliphatic carbocycles. The molecule has 0 bridgehead atoms. The van der Waals surface area contributed by atoms with Crippen molar-refractivity contribution in [1.82, 2.24) is 5.32 Å². The van der Waals surface area contributed by atoms with Crippen LogP contribution in [0.2, 0.25) is 0 Å². The fourth-order valence-electron chi connectivity index (χ4n) is 3.14. The van der Waals surface area contributed by atoms with Crippen LogP contribution in [0.5, 0.6) is 17.2 Å². The van der Waals surface area contributed by atoms with E-state index >= 15 is 0 Å². The van der Waals surface area contributed by atoms with Gasteiger partial charge in [-0.3, -0.25) is 4.79 Å². The molecule has 30 heavy (non-hydrogen) atoms. The zero-order valence-corrected chi connectivity index (χ0v) is 16.9. The molecule has 0 saturated carbocycles. The van der Waals surface area contributed by atoms with Crippen LogP contribution in [-0.4, -0.2) is 25.7 Å². The van der Waals surface area contributed by atoms with Gasteiger partial charge in [0.15, 0.2) is 11.5 Å². The molecule has 3 rings (SSSR count). The van der Waals surface area contributed by atoms with Gasteiger partial charge < -0.3 is 19.5 Å². The van der Waals surface area contributed by atoms with Gasteiger partial charge in [-0.15, -0.1) is 0 Å². The van der Waals surface area contributed by atoms with Gasteiger partial charge in [0.2, 0.25) is 5.91 Å². The topological polar surface area (TPSA) is 56.8 Å². The highest BCUT2D eigenvalue weighted by Gasteiger charge is 2.20. The highest BCUT2D eigenvalue weighted by atomic mass is 19.3. The maximum Gasteiger partial charge on any atom is 0.387 e. The first kappa shape index (κ1) is 21.6. The van der Waals surface area contributed by atoms with Gasteiger partial charge >= 0.3 is 6.61 Å². The summed E-state index contributed by atoms with van der Waals surface area (Å²) in [6.45, 7) is 2.41. The van der Waals surface area contributed by atoms with Gasteiger partial charge in [0.05, 0.1) is 19.3 Å². The fourth-order valence-corrected chi connectivity index (χ4v) is 3.14. The van der Waals surface area contributed by atoms with E-state index in [-0.39, 0.29) is 23.6 Å². The monoisotopic (exact) mass is 417 g/mol. The van der Waals surface area contributed by atoms with Gasteiger partial charge in [0.25, 0.3) is 0 Å². The minimum absolute atomic E-state index is 0.0703. The number of benzene rings is 2. The first-order chi connectivity index (χ1) is 14.4. The van der Waals surface area contributed by atoms with Crippen LogP contribution in [0.25, 0.3) is 6.08 Å². The molecule has 160 valence electrons. The normalized spacial score (nSPS) is 14.6. The molecule has 5 nitrogen and oxygen atoms in total. The molecule has 0 spiro atoms. The third-order valence-corrected chi connectivity index (χ3v) is 4.63. The number of nitrogens with one attached hydrogen (secondary N) is 1. The third-order valence-electron chi connectivity index (χ3n) is 4.63. The zero-order chi connectivity index (χ0) is 21.5. The fraction of sp³-hybridized carbons (Fsp3) is 0.348. The Hall–Kier alpha value is -3.09. The van der Waals surface area contributed by atoms with E-state index in [1.807, 2.05) is 32.0 Å². The van der Waals surface area contributed by atoms with Crippen molar-refractivity contribution in [3.05, 3.63) is 59.7 Å². The van der Waals surface area contributed by atoms with Crippen molar-refractivity contribution in [3.63, 3.8) is 0 Å². The Labute approximate surface area is 174 Å². The molecule has 1 N–H and O–H groups in total. The second kappa shape index (κ2) is 10.1. The molecule has 7 heteroatoms. The van der Waals surface area contributed by atoms with Crippen molar-refractivity contribution in [1.29, 1.82) is 0 Å². The summed E-state index contributed by atoms with van der Waals surface area (Å²) < 4.78 is 40.2. The first-order valence-corrected chi connectivity index (χ1v) is 9.85. The third kappa shape index (κ3) is 5.95. The molecule has 1 amide bonds. The SMILES string of the molecule is CC(C)[C@H](NC(=O)/C=C/c1ccc(OC(F)F)cc1)c1ccc2c(c1)OCCCO2. The van der Waals surface area contributed by atoms with E-state index in [0.29, 0.717) is 30.3 Å². The molecule has 0 unspecified atom stereocenters. The van der Waals surface area contributed by atoms with Crippen LogP contribution in [0.3, 0.4) is 0 Å². The van der Waals surface area contributed by atoms with E-state index in [4.69, 9.17) is 9.47 Å². The number of hydrogen-bond donors (Lipinski definition) is 1. The quantitative estimate of drug-likeness (QED) is 0.646. The van der Waals surface area contributed by atoms with Crippen molar-refractivity contribution >= 4 is 12.0 Å². The van der Waals surface area contributed by atoms with E-state index in [2.05, 4.69) is 10.1 Å². The summed E-state index contributed by atoms with van der Waals surface area (Å²) >= 11 is 0. The van der Waals surface area contributed by atoms with Crippen LogP contribution < -0.4 is 19.5 Å². The van der Waals surface area contributed by atoms with Crippen molar-refractivity contribution in [3.8, 4) is 17.2 Å². The van der Waals surface area contributed by atoms with Crippen molar-refractivity contribution in [2.45, 2.75) is 32.9 Å². The van der Waals surface area contributed by atoms with Gasteiger partial charge in [0.1, 0.15) is 5.75 Å². The predicted molar refractivity (Wildman–Crippen MR) is 110 cm³/mol. The Balaban J connectivity index is 1.67. The number of amides is 1. The highest BCUT2D eigenvalue weighted by molar-refractivity contribution is 5.92. The molecule has 0 saturated heterocycles. The van der Waals surface area contributed by atoms with Crippen LogP contribution in [0.1, 0.15) is 37.4 Å². The van der Waals surface area contributed by atoms with Crippen LogP contribution in [-0.2, 0) is 4.79 Å². The largest absolute Gasteiger partial charge is 0.490 e. The second-order valence-electron chi connectivity index (χ2n) is 7.27. The molecule has 1 aliphatic rings. The standard InChI is InChI=1S/C23H25F2NO4/c1-15(2)22(17-7-10-19-20(14-17)29-13-3-12-28-19)26-21(27)11-6-16-4-8-18(9-5-16)30-23(24)25/h4-11,14-15,22-23H,3,12-13H2,1-2H3,(H,26,27)/b11-6+/t22-/m0/s1. The maximum atomic E-state index is 12.5. The lowest BCUT2D eigenvalue weighted by Gasteiger charge is -2.23. The number of hydrogen-bond acceptors (Lipinski definition) is 4. The number of alkyl halides is 2. The van der Waals surface area contributed by atoms with E-state index in [1.165, 1.54) is 18.2 Å². The molecule has 1 aliphatic heterocycles. The average Bonchev–Trinajstić information content (AvgIpc) is 2.95. The van der Waals surface area contributed by atoms with Gasteiger partial charge in [-0.25, -0.2) is 0 Å². The Morgan fingerprint density at radius 2 is 1.77 bits per heavy atom. The molecule has 1 heterocycles. The minimum atomic E-state index is -2.87.